The van der Waals surface area contributed by atoms with Crippen molar-refractivity contribution in [1.82, 2.24) is 0 Å². The fourth-order valence-corrected chi connectivity index (χ4v) is 2.72. The van der Waals surface area contributed by atoms with Crippen molar-refractivity contribution < 1.29 is 9.53 Å². The number of benzene rings is 2. The highest BCUT2D eigenvalue weighted by molar-refractivity contribution is 6.83. The third-order valence-corrected chi connectivity index (χ3v) is 4.13. The first-order valence-corrected chi connectivity index (χ1v) is 11.3. The average molecular weight is 336 g/mol. The fraction of sp³-hybridized carbons (Fsp3) is 0.263. The molecule has 24 heavy (non-hydrogen) atoms. The molecule has 0 atom stereocenters. The van der Waals surface area contributed by atoms with Crippen molar-refractivity contribution in [3.05, 3.63) is 41.5 Å². The van der Waals surface area contributed by atoms with Crippen LogP contribution in [0.3, 0.4) is 0 Å². The second-order valence-electron chi connectivity index (χ2n) is 6.35. The van der Waals surface area contributed by atoms with E-state index in [0.29, 0.717) is 17.9 Å². The van der Waals surface area contributed by atoms with Crippen LogP contribution < -0.4 is 5.32 Å². The highest BCUT2D eigenvalue weighted by Gasteiger charge is 2.13. The van der Waals surface area contributed by atoms with E-state index in [1.54, 1.807) is 19.1 Å². The normalized spacial score (nSPS) is 10.5. The zero-order chi connectivity index (χ0) is 17.7. The number of hydrogen-bond acceptors (Lipinski definition) is 3. The predicted octanol–water partition coefficient (Wildman–Crippen LogP) is 4.51. The van der Waals surface area contributed by atoms with E-state index in [1.807, 2.05) is 18.2 Å². The Balaban J connectivity index is 2.67. The van der Waals surface area contributed by atoms with E-state index >= 15 is 0 Å². The third-order valence-electron chi connectivity index (χ3n) is 3.26. The number of rotatable bonds is 2. The average Bonchev–Trinajstić information content (AvgIpc) is 2.52. The van der Waals surface area contributed by atoms with Gasteiger partial charge in [0.2, 0.25) is 0 Å². The number of nitrogens with one attached hydrogen (secondary N) is 1. The van der Waals surface area contributed by atoms with Crippen molar-refractivity contribution in [3.63, 3.8) is 0 Å². The number of nitriles is 1. The summed E-state index contributed by atoms with van der Waals surface area (Å²) in [7, 11) is -1.60. The fourth-order valence-electron chi connectivity index (χ4n) is 2.22. The van der Waals surface area contributed by atoms with Gasteiger partial charge < -0.3 is 4.74 Å². The Morgan fingerprint density at radius 3 is 2.58 bits per heavy atom. The molecule has 5 heteroatoms. The highest BCUT2D eigenvalue weighted by Crippen LogP contribution is 2.28. The maximum absolute atomic E-state index is 11.8. The molecule has 0 spiro atoms. The number of nitrogens with zero attached hydrogens (tertiary/aromatic N) is 1. The van der Waals surface area contributed by atoms with E-state index in [2.05, 4.69) is 42.5 Å². The van der Waals surface area contributed by atoms with Crippen LogP contribution in [0.5, 0.6) is 0 Å². The Bertz CT molecular complexity index is 880. The van der Waals surface area contributed by atoms with Crippen molar-refractivity contribution in [2.24, 2.45) is 0 Å². The molecule has 0 unspecified atom stereocenters. The van der Waals surface area contributed by atoms with Gasteiger partial charge in [0.1, 0.15) is 8.07 Å². The Morgan fingerprint density at radius 1 is 1.21 bits per heavy atom. The van der Waals surface area contributed by atoms with Crippen molar-refractivity contribution in [2.75, 3.05) is 11.9 Å². The lowest BCUT2D eigenvalue weighted by atomic mass is 9.99. The molecule has 0 radical (unpaired) electrons. The number of fused-ring (bicyclic) bond motifs is 1. The topological polar surface area (TPSA) is 62.1 Å². The van der Waals surface area contributed by atoms with E-state index in [-0.39, 0.29) is 0 Å². The van der Waals surface area contributed by atoms with Gasteiger partial charge in [0.15, 0.2) is 0 Å². The summed E-state index contributed by atoms with van der Waals surface area (Å²) in [5.74, 6) is 3.23. The van der Waals surface area contributed by atoms with Crippen LogP contribution in [-0.2, 0) is 4.74 Å². The third kappa shape index (κ3) is 4.16. The summed E-state index contributed by atoms with van der Waals surface area (Å²) in [4.78, 5) is 11.8. The molecule has 0 saturated heterocycles. The summed E-state index contributed by atoms with van der Waals surface area (Å²) in [6.07, 6.45) is -0.510. The van der Waals surface area contributed by atoms with Gasteiger partial charge in [-0.25, -0.2) is 4.79 Å². The van der Waals surface area contributed by atoms with Crippen LogP contribution in [0.2, 0.25) is 19.6 Å². The molecule has 0 aromatic heterocycles. The SMILES string of the molecule is CCOC(=O)Nc1ccc2c(C#N)cccc2c1C#C[Si](C)(C)C. The zero-order valence-electron chi connectivity index (χ0n) is 14.4. The van der Waals surface area contributed by atoms with Gasteiger partial charge in [-0.1, -0.05) is 43.8 Å². The largest absolute Gasteiger partial charge is 0.450 e. The lowest BCUT2D eigenvalue weighted by Gasteiger charge is -2.12. The van der Waals surface area contributed by atoms with Gasteiger partial charge in [-0.3, -0.25) is 5.32 Å². The van der Waals surface area contributed by atoms with E-state index < -0.39 is 14.2 Å². The molecule has 1 N–H and O–H groups in total. The molecule has 0 fully saturated rings. The van der Waals surface area contributed by atoms with Crippen LogP contribution in [0, 0.1) is 22.8 Å². The Hall–Kier alpha value is -2.76. The molecule has 1 amide bonds. The molecule has 4 nitrogen and oxygen atoms in total. The smallest absolute Gasteiger partial charge is 0.411 e. The lowest BCUT2D eigenvalue weighted by molar-refractivity contribution is 0.168. The first-order chi connectivity index (χ1) is 11.4. The molecular formula is C19H20N2O2Si. The zero-order valence-corrected chi connectivity index (χ0v) is 15.4. The molecular weight excluding hydrogens is 316 g/mol. The summed E-state index contributed by atoms with van der Waals surface area (Å²) < 4.78 is 4.96. The van der Waals surface area contributed by atoms with E-state index in [9.17, 15) is 10.1 Å². The van der Waals surface area contributed by atoms with Gasteiger partial charge in [-0.15, -0.1) is 5.54 Å². The van der Waals surface area contributed by atoms with Crippen molar-refractivity contribution in [2.45, 2.75) is 26.6 Å². The molecule has 0 bridgehead atoms. The second kappa shape index (κ2) is 7.21. The number of anilines is 1. The van der Waals surface area contributed by atoms with E-state index in [1.165, 1.54) is 0 Å². The van der Waals surface area contributed by atoms with Gasteiger partial charge in [0.05, 0.1) is 29.5 Å². The first-order valence-electron chi connectivity index (χ1n) is 7.78. The van der Waals surface area contributed by atoms with Crippen LogP contribution in [0.25, 0.3) is 10.8 Å². The van der Waals surface area contributed by atoms with Gasteiger partial charge >= 0.3 is 6.09 Å². The number of ether oxygens (including phenoxy) is 1. The van der Waals surface area contributed by atoms with E-state index in [0.717, 1.165) is 16.3 Å². The van der Waals surface area contributed by atoms with Crippen molar-refractivity contribution in [1.29, 1.82) is 5.26 Å². The molecule has 0 aliphatic heterocycles. The standard InChI is InChI=1S/C19H20N2O2Si/c1-5-23-19(22)21-18-10-9-15-14(13-20)7-6-8-16(15)17(18)11-12-24(2,3)4/h6-10H,5H2,1-4H3,(H,21,22). The quantitative estimate of drug-likeness (QED) is 0.648. The van der Waals surface area contributed by atoms with Crippen LogP contribution >= 0.6 is 0 Å². The van der Waals surface area contributed by atoms with Crippen LogP contribution in [0.1, 0.15) is 18.1 Å². The molecule has 0 aliphatic carbocycles. The van der Waals surface area contributed by atoms with Gasteiger partial charge in [-0.05, 0) is 19.1 Å². The van der Waals surface area contributed by atoms with Crippen molar-refractivity contribution in [3.8, 4) is 17.5 Å². The minimum atomic E-state index is -1.60. The Kier molecular flexibility index (Phi) is 5.28. The second-order valence-corrected chi connectivity index (χ2v) is 11.1. The summed E-state index contributed by atoms with van der Waals surface area (Å²) in [5.41, 5.74) is 5.24. The summed E-state index contributed by atoms with van der Waals surface area (Å²) in [5, 5.41) is 13.7. The molecule has 2 aromatic rings. The molecule has 2 aromatic carbocycles. The van der Waals surface area contributed by atoms with Crippen LogP contribution in [0.15, 0.2) is 30.3 Å². The molecule has 122 valence electrons. The predicted molar refractivity (Wildman–Crippen MR) is 99.5 cm³/mol. The highest BCUT2D eigenvalue weighted by atomic mass is 28.3. The van der Waals surface area contributed by atoms with Gasteiger partial charge in [-0.2, -0.15) is 5.26 Å². The summed E-state index contributed by atoms with van der Waals surface area (Å²) in [6, 6.07) is 11.3. The van der Waals surface area contributed by atoms with Gasteiger partial charge in [0, 0.05) is 10.8 Å². The van der Waals surface area contributed by atoms with Crippen LogP contribution in [0.4, 0.5) is 10.5 Å². The van der Waals surface area contributed by atoms with Crippen molar-refractivity contribution >= 4 is 30.6 Å². The summed E-state index contributed by atoms with van der Waals surface area (Å²) >= 11 is 0. The first kappa shape index (κ1) is 17.6. The number of carbonyl (C=O) groups is 1. The minimum absolute atomic E-state index is 0.300. The maximum atomic E-state index is 11.8. The van der Waals surface area contributed by atoms with Gasteiger partial charge in [0.25, 0.3) is 0 Å². The molecule has 0 saturated carbocycles. The maximum Gasteiger partial charge on any atom is 0.411 e. The minimum Gasteiger partial charge on any atom is -0.450 e. The molecule has 0 aliphatic rings. The Labute approximate surface area is 143 Å². The monoisotopic (exact) mass is 336 g/mol. The molecule has 0 heterocycles. The molecule has 2 rings (SSSR count). The number of carbonyl (C=O) groups excluding carboxylic acids is 1. The summed E-state index contributed by atoms with van der Waals surface area (Å²) in [6.45, 7) is 8.53. The van der Waals surface area contributed by atoms with E-state index in [4.69, 9.17) is 4.74 Å². The Morgan fingerprint density at radius 2 is 1.96 bits per heavy atom. The lowest BCUT2D eigenvalue weighted by Crippen LogP contribution is -2.17. The number of amides is 1. The number of hydrogen-bond donors (Lipinski definition) is 1. The van der Waals surface area contributed by atoms with Crippen LogP contribution in [-0.4, -0.2) is 20.8 Å².